The number of benzene rings is 2. The van der Waals surface area contributed by atoms with Crippen molar-refractivity contribution in [2.75, 3.05) is 34.4 Å². The maximum atomic E-state index is 13.0. The summed E-state index contributed by atoms with van der Waals surface area (Å²) in [5.74, 6) is 3.06. The van der Waals surface area contributed by atoms with Crippen LogP contribution in [0.4, 0.5) is 0 Å². The molecule has 0 aliphatic heterocycles. The number of nitrogens with one attached hydrogen (secondary N) is 2. The van der Waals surface area contributed by atoms with Crippen LogP contribution in [-0.2, 0) is 27.8 Å². The van der Waals surface area contributed by atoms with Crippen LogP contribution in [0.15, 0.2) is 42.5 Å². The molecule has 0 heterocycles. The van der Waals surface area contributed by atoms with E-state index in [0.717, 1.165) is 28.3 Å². The average Bonchev–Trinajstić information content (AvgIpc) is 2.82. The number of hydrogen-bond acceptors (Lipinski definition) is 5. The molecule has 2 aromatic rings. The second-order valence-corrected chi connectivity index (χ2v) is 9.77. The molecule has 0 saturated carbocycles. The third-order valence-electron chi connectivity index (χ3n) is 5.11. The second-order valence-electron chi connectivity index (χ2n) is 7.85. The smallest absolute Gasteiger partial charge is 0.279 e. The summed E-state index contributed by atoms with van der Waals surface area (Å²) in [6, 6.07) is 11.8. The Labute approximate surface area is 202 Å². The molecular formula is C25H33N3O5S. The highest BCUT2D eigenvalue weighted by Gasteiger charge is 2.27. The van der Waals surface area contributed by atoms with E-state index in [1.807, 2.05) is 24.3 Å². The van der Waals surface area contributed by atoms with Gasteiger partial charge in [-0.05, 0) is 41.7 Å². The van der Waals surface area contributed by atoms with Crippen molar-refractivity contribution in [1.82, 2.24) is 14.3 Å². The van der Waals surface area contributed by atoms with E-state index in [2.05, 4.69) is 22.9 Å². The molecule has 34 heavy (non-hydrogen) atoms. The topological polar surface area (TPSA) is 97.0 Å². The third-order valence-corrected chi connectivity index (χ3v) is 6.61. The zero-order chi connectivity index (χ0) is 25.1. The molecule has 184 valence electrons. The first-order valence-electron chi connectivity index (χ1n) is 11.0. The molecule has 0 fully saturated rings. The Kier molecular flexibility index (Phi) is 10.4. The van der Waals surface area contributed by atoms with Gasteiger partial charge >= 0.3 is 0 Å². The summed E-state index contributed by atoms with van der Waals surface area (Å²) < 4.78 is 39.2. The predicted molar refractivity (Wildman–Crippen MR) is 133 cm³/mol. The number of carbonyl (C=O) groups excluding carboxylic acids is 1. The Hall–Kier alpha value is -3.06. The van der Waals surface area contributed by atoms with Crippen LogP contribution in [0.3, 0.4) is 0 Å². The molecule has 1 unspecified atom stereocenters. The van der Waals surface area contributed by atoms with Gasteiger partial charge in [0.1, 0.15) is 12.6 Å². The van der Waals surface area contributed by atoms with Crippen LogP contribution in [0.25, 0.3) is 0 Å². The van der Waals surface area contributed by atoms with Gasteiger partial charge in [-0.25, -0.2) is 0 Å². The van der Waals surface area contributed by atoms with Crippen LogP contribution in [0.1, 0.15) is 36.1 Å². The minimum atomic E-state index is -3.83. The lowest BCUT2D eigenvalue weighted by Gasteiger charge is -2.21. The minimum absolute atomic E-state index is 0.134. The number of terminal acetylenes is 1. The zero-order valence-electron chi connectivity index (χ0n) is 20.1. The van der Waals surface area contributed by atoms with Crippen molar-refractivity contribution in [3.05, 3.63) is 59.2 Å². The molecule has 0 spiro atoms. The Morgan fingerprint density at radius 1 is 1.09 bits per heavy atom. The number of methoxy groups -OCH3 is 1. The van der Waals surface area contributed by atoms with Crippen LogP contribution in [0, 0.1) is 12.3 Å². The van der Waals surface area contributed by atoms with Gasteiger partial charge in [-0.15, -0.1) is 6.42 Å². The van der Waals surface area contributed by atoms with Crippen molar-refractivity contribution in [2.24, 2.45) is 0 Å². The van der Waals surface area contributed by atoms with E-state index < -0.39 is 22.2 Å². The lowest BCUT2D eigenvalue weighted by molar-refractivity contribution is -0.122. The average molecular weight is 488 g/mol. The van der Waals surface area contributed by atoms with E-state index >= 15 is 0 Å². The molecule has 1 amide bonds. The second kappa shape index (κ2) is 13.0. The molecule has 0 bridgehead atoms. The Morgan fingerprint density at radius 2 is 1.76 bits per heavy atom. The van der Waals surface area contributed by atoms with Crippen LogP contribution >= 0.6 is 0 Å². The van der Waals surface area contributed by atoms with Gasteiger partial charge in [-0.3, -0.25) is 4.79 Å². The van der Waals surface area contributed by atoms with Crippen molar-refractivity contribution in [2.45, 2.75) is 32.2 Å². The highest BCUT2D eigenvalue weighted by molar-refractivity contribution is 7.87. The van der Waals surface area contributed by atoms with Gasteiger partial charge in [0.25, 0.3) is 10.2 Å². The minimum Gasteiger partial charge on any atom is -0.493 e. The molecule has 1 atom stereocenters. The van der Waals surface area contributed by atoms with E-state index in [4.69, 9.17) is 15.9 Å². The predicted octanol–water partition coefficient (Wildman–Crippen LogP) is 2.46. The van der Waals surface area contributed by atoms with Gasteiger partial charge in [0.15, 0.2) is 11.5 Å². The van der Waals surface area contributed by atoms with Gasteiger partial charge in [-0.1, -0.05) is 49.6 Å². The molecule has 0 aliphatic carbocycles. The number of aryl methyl sites for hydroxylation is 1. The SMILES string of the molecule is C#CCOc1ccc(CCNC(=O)C(NS(=O)(=O)N(C)C)c2ccc(CCC)cc2)cc1OC. The summed E-state index contributed by atoms with van der Waals surface area (Å²) >= 11 is 0. The molecule has 2 N–H and O–H groups in total. The highest BCUT2D eigenvalue weighted by Crippen LogP contribution is 2.28. The molecule has 0 aromatic heterocycles. The molecule has 0 saturated heterocycles. The highest BCUT2D eigenvalue weighted by atomic mass is 32.2. The number of carbonyl (C=O) groups is 1. The van der Waals surface area contributed by atoms with Crippen molar-refractivity contribution in [1.29, 1.82) is 0 Å². The molecule has 0 radical (unpaired) electrons. The Balaban J connectivity index is 2.12. The Bertz CT molecular complexity index is 1090. The fourth-order valence-electron chi connectivity index (χ4n) is 3.23. The largest absolute Gasteiger partial charge is 0.493 e. The van der Waals surface area contributed by atoms with Crippen LogP contribution in [0.5, 0.6) is 11.5 Å². The van der Waals surface area contributed by atoms with E-state index in [-0.39, 0.29) is 6.61 Å². The van der Waals surface area contributed by atoms with E-state index in [1.165, 1.54) is 21.2 Å². The monoisotopic (exact) mass is 487 g/mol. The summed E-state index contributed by atoms with van der Waals surface area (Å²) in [6.45, 7) is 2.53. The number of rotatable bonds is 13. The standard InChI is InChI=1S/C25H33N3O5S/c1-6-8-19-9-12-21(13-10-19)24(27-34(30,31)28(3)4)25(29)26-16-15-20-11-14-22(33-17-7-2)23(18-20)32-5/h2,9-14,18,24,27H,6,8,15-17H2,1,3-5H3,(H,26,29). The van der Waals surface area contributed by atoms with Crippen LogP contribution < -0.4 is 19.5 Å². The van der Waals surface area contributed by atoms with Crippen molar-refractivity contribution < 1.29 is 22.7 Å². The fraction of sp³-hybridized carbons (Fsp3) is 0.400. The molecule has 2 aromatic carbocycles. The van der Waals surface area contributed by atoms with Gasteiger partial charge < -0.3 is 14.8 Å². The van der Waals surface area contributed by atoms with Crippen LogP contribution in [0.2, 0.25) is 0 Å². The van der Waals surface area contributed by atoms with E-state index in [1.54, 1.807) is 18.2 Å². The van der Waals surface area contributed by atoms with Gasteiger partial charge in [0.05, 0.1) is 7.11 Å². The lowest BCUT2D eigenvalue weighted by atomic mass is 10.0. The summed E-state index contributed by atoms with van der Waals surface area (Å²) in [5.41, 5.74) is 2.61. The Morgan fingerprint density at radius 3 is 2.35 bits per heavy atom. The first kappa shape index (κ1) is 27.2. The quantitative estimate of drug-likeness (QED) is 0.423. The number of ether oxygens (including phenoxy) is 2. The first-order valence-corrected chi connectivity index (χ1v) is 12.4. The first-order chi connectivity index (χ1) is 16.2. The van der Waals surface area contributed by atoms with E-state index in [9.17, 15) is 13.2 Å². The third kappa shape index (κ3) is 7.76. The summed E-state index contributed by atoms with van der Waals surface area (Å²) in [4.78, 5) is 13.0. The maximum Gasteiger partial charge on any atom is 0.279 e. The van der Waals surface area contributed by atoms with Crippen LogP contribution in [-0.4, -0.2) is 53.0 Å². The molecular weight excluding hydrogens is 454 g/mol. The van der Waals surface area contributed by atoms with Crippen molar-refractivity contribution >= 4 is 16.1 Å². The number of amides is 1. The molecule has 8 nitrogen and oxygen atoms in total. The zero-order valence-corrected chi connectivity index (χ0v) is 20.9. The molecule has 9 heteroatoms. The normalized spacial score (nSPS) is 12.1. The van der Waals surface area contributed by atoms with Crippen molar-refractivity contribution in [3.63, 3.8) is 0 Å². The summed E-state index contributed by atoms with van der Waals surface area (Å²) in [6.07, 6.45) is 7.66. The fourth-order valence-corrected chi connectivity index (χ4v) is 3.98. The molecule has 0 aliphatic rings. The van der Waals surface area contributed by atoms with Gasteiger partial charge in [-0.2, -0.15) is 17.4 Å². The summed E-state index contributed by atoms with van der Waals surface area (Å²) in [7, 11) is 0.524. The number of nitrogens with zero attached hydrogens (tertiary/aromatic N) is 1. The molecule has 2 rings (SSSR count). The number of hydrogen-bond donors (Lipinski definition) is 2. The van der Waals surface area contributed by atoms with Gasteiger partial charge in [0.2, 0.25) is 5.91 Å². The summed E-state index contributed by atoms with van der Waals surface area (Å²) in [5, 5.41) is 2.83. The van der Waals surface area contributed by atoms with E-state index in [0.29, 0.717) is 30.0 Å². The maximum absolute atomic E-state index is 13.0. The van der Waals surface area contributed by atoms with Crippen molar-refractivity contribution in [3.8, 4) is 23.8 Å². The lowest BCUT2D eigenvalue weighted by Crippen LogP contribution is -2.45. The van der Waals surface area contributed by atoms with Gasteiger partial charge in [0, 0.05) is 20.6 Å².